The highest BCUT2D eigenvalue weighted by Crippen LogP contribution is 2.28. The van der Waals surface area contributed by atoms with E-state index < -0.39 is 0 Å². The van der Waals surface area contributed by atoms with Gasteiger partial charge in [0.1, 0.15) is 17.2 Å². The molecule has 0 radical (unpaired) electrons. The molecule has 7 nitrogen and oxygen atoms in total. The van der Waals surface area contributed by atoms with Crippen LogP contribution in [0.2, 0.25) is 5.02 Å². The standard InChI is InChI=1S/C23H27ClN2O5/c1-5-26(6-2)23(28)15-31-20-11-9-17(13-19(20)24)25-22(27)12-8-16-7-10-18(29-3)14-21(16)30-4/h7-14H,5-6,15H2,1-4H3,(H,25,27)/b12-8+. The summed E-state index contributed by atoms with van der Waals surface area (Å²) < 4.78 is 16.0. The highest BCUT2D eigenvalue weighted by Gasteiger charge is 2.12. The van der Waals surface area contributed by atoms with Gasteiger partial charge in [-0.1, -0.05) is 11.6 Å². The van der Waals surface area contributed by atoms with Crippen LogP contribution in [0.15, 0.2) is 42.5 Å². The first-order chi connectivity index (χ1) is 14.9. The van der Waals surface area contributed by atoms with Crippen LogP contribution < -0.4 is 19.5 Å². The fraction of sp³-hybridized carbons (Fsp3) is 0.304. The number of rotatable bonds is 10. The van der Waals surface area contributed by atoms with Crippen LogP contribution in [0.1, 0.15) is 19.4 Å². The number of hydrogen-bond donors (Lipinski definition) is 1. The zero-order valence-corrected chi connectivity index (χ0v) is 18.9. The van der Waals surface area contributed by atoms with Crippen LogP contribution in [0.4, 0.5) is 5.69 Å². The predicted octanol–water partition coefficient (Wildman–Crippen LogP) is 4.26. The number of hydrogen-bond acceptors (Lipinski definition) is 5. The molecule has 2 amide bonds. The van der Waals surface area contributed by atoms with Crippen LogP contribution in [0, 0.1) is 0 Å². The fourth-order valence-corrected chi connectivity index (χ4v) is 3.04. The molecular weight excluding hydrogens is 420 g/mol. The van der Waals surface area contributed by atoms with Crippen LogP contribution in [0.5, 0.6) is 17.2 Å². The van der Waals surface area contributed by atoms with Crippen LogP contribution in [-0.2, 0) is 9.59 Å². The molecule has 8 heteroatoms. The fourth-order valence-electron chi connectivity index (χ4n) is 2.81. The lowest BCUT2D eigenvalue weighted by molar-refractivity contribution is -0.133. The Hall–Kier alpha value is -3.19. The summed E-state index contributed by atoms with van der Waals surface area (Å²) in [6.07, 6.45) is 3.04. The summed E-state index contributed by atoms with van der Waals surface area (Å²) in [5.74, 6) is 1.18. The first-order valence-electron chi connectivity index (χ1n) is 9.83. The number of methoxy groups -OCH3 is 2. The minimum absolute atomic E-state index is 0.0977. The number of carbonyl (C=O) groups is 2. The zero-order valence-electron chi connectivity index (χ0n) is 18.1. The van der Waals surface area contributed by atoms with Gasteiger partial charge in [-0.25, -0.2) is 0 Å². The molecule has 1 N–H and O–H groups in total. The van der Waals surface area contributed by atoms with Crippen molar-refractivity contribution < 1.29 is 23.8 Å². The molecule has 0 bridgehead atoms. The Kier molecular flexibility index (Phi) is 9.21. The second-order valence-electron chi connectivity index (χ2n) is 6.43. The number of amides is 2. The van der Waals surface area contributed by atoms with E-state index in [4.69, 9.17) is 25.8 Å². The highest BCUT2D eigenvalue weighted by atomic mass is 35.5. The van der Waals surface area contributed by atoms with Gasteiger partial charge in [0.05, 0.1) is 19.2 Å². The van der Waals surface area contributed by atoms with Gasteiger partial charge in [0.25, 0.3) is 5.91 Å². The molecule has 0 saturated heterocycles. The Balaban J connectivity index is 1.99. The highest BCUT2D eigenvalue weighted by molar-refractivity contribution is 6.32. The summed E-state index contributed by atoms with van der Waals surface area (Å²) in [5.41, 5.74) is 1.24. The molecule has 0 spiro atoms. The monoisotopic (exact) mass is 446 g/mol. The van der Waals surface area contributed by atoms with Gasteiger partial charge in [-0.15, -0.1) is 0 Å². The maximum atomic E-state index is 12.3. The normalized spacial score (nSPS) is 10.6. The molecule has 2 aromatic carbocycles. The van der Waals surface area contributed by atoms with E-state index >= 15 is 0 Å². The molecule has 2 rings (SSSR count). The molecule has 31 heavy (non-hydrogen) atoms. The number of ether oxygens (including phenoxy) is 3. The minimum Gasteiger partial charge on any atom is -0.497 e. The van der Waals surface area contributed by atoms with Crippen molar-refractivity contribution in [3.8, 4) is 17.2 Å². The predicted molar refractivity (Wildman–Crippen MR) is 122 cm³/mol. The van der Waals surface area contributed by atoms with Crippen molar-refractivity contribution in [1.29, 1.82) is 0 Å². The van der Waals surface area contributed by atoms with Gasteiger partial charge in [0, 0.05) is 36.5 Å². The Bertz CT molecular complexity index is 942. The van der Waals surface area contributed by atoms with Crippen LogP contribution in [-0.4, -0.2) is 50.6 Å². The quantitative estimate of drug-likeness (QED) is 0.552. The number of nitrogens with one attached hydrogen (secondary N) is 1. The van der Waals surface area contributed by atoms with Gasteiger partial charge in [0.15, 0.2) is 6.61 Å². The topological polar surface area (TPSA) is 77.1 Å². The van der Waals surface area contributed by atoms with Crippen molar-refractivity contribution in [3.05, 3.63) is 53.1 Å². The second kappa shape index (κ2) is 11.9. The van der Waals surface area contributed by atoms with Crippen LogP contribution in [0.25, 0.3) is 6.08 Å². The van der Waals surface area contributed by atoms with Crippen molar-refractivity contribution >= 4 is 35.2 Å². The number of halogens is 1. The molecular formula is C23H27ClN2O5. The van der Waals surface area contributed by atoms with Crippen molar-refractivity contribution in [1.82, 2.24) is 4.90 Å². The Labute approximate surface area is 187 Å². The van der Waals surface area contributed by atoms with Crippen molar-refractivity contribution in [3.63, 3.8) is 0 Å². The lowest BCUT2D eigenvalue weighted by atomic mass is 10.1. The van der Waals surface area contributed by atoms with Gasteiger partial charge in [0.2, 0.25) is 5.91 Å². The van der Waals surface area contributed by atoms with E-state index in [0.29, 0.717) is 41.0 Å². The van der Waals surface area contributed by atoms with Gasteiger partial charge >= 0.3 is 0 Å². The van der Waals surface area contributed by atoms with Crippen LogP contribution >= 0.6 is 11.6 Å². The maximum absolute atomic E-state index is 12.3. The number of likely N-dealkylation sites (N-methyl/N-ethyl adjacent to an activating group) is 1. The molecule has 0 unspecified atom stereocenters. The van der Waals surface area contributed by atoms with E-state index in [0.717, 1.165) is 5.56 Å². The molecule has 166 valence electrons. The van der Waals surface area contributed by atoms with E-state index in [2.05, 4.69) is 5.32 Å². The number of anilines is 1. The largest absolute Gasteiger partial charge is 0.497 e. The summed E-state index contributed by atoms with van der Waals surface area (Å²) >= 11 is 6.24. The van der Waals surface area contributed by atoms with E-state index in [1.807, 2.05) is 13.8 Å². The zero-order chi connectivity index (χ0) is 22.8. The van der Waals surface area contributed by atoms with Crippen LogP contribution in [0.3, 0.4) is 0 Å². The summed E-state index contributed by atoms with van der Waals surface area (Å²) in [7, 11) is 3.12. The molecule has 0 fully saturated rings. The SMILES string of the molecule is CCN(CC)C(=O)COc1ccc(NC(=O)/C=C/c2ccc(OC)cc2OC)cc1Cl. The molecule has 0 aromatic heterocycles. The third kappa shape index (κ3) is 6.93. The lowest BCUT2D eigenvalue weighted by Gasteiger charge is -2.19. The van der Waals surface area contributed by atoms with Gasteiger partial charge in [-0.3, -0.25) is 9.59 Å². The average molecular weight is 447 g/mol. The van der Waals surface area contributed by atoms with Gasteiger partial charge < -0.3 is 24.4 Å². The maximum Gasteiger partial charge on any atom is 0.260 e. The molecule has 0 aliphatic heterocycles. The van der Waals surface area contributed by atoms with Crippen molar-refractivity contribution in [2.24, 2.45) is 0 Å². The number of nitrogens with zero attached hydrogens (tertiary/aromatic N) is 1. The third-order valence-electron chi connectivity index (χ3n) is 4.52. The molecule has 0 aliphatic rings. The Morgan fingerprint density at radius 2 is 1.77 bits per heavy atom. The second-order valence-corrected chi connectivity index (χ2v) is 6.84. The molecule has 0 saturated carbocycles. The van der Waals surface area contributed by atoms with Crippen molar-refractivity contribution in [2.75, 3.05) is 39.2 Å². The molecule has 0 heterocycles. The molecule has 0 aliphatic carbocycles. The summed E-state index contributed by atoms with van der Waals surface area (Å²) in [6, 6.07) is 10.2. The van der Waals surface area contributed by atoms with E-state index in [1.165, 1.54) is 6.08 Å². The van der Waals surface area contributed by atoms with E-state index in [-0.39, 0.29) is 18.4 Å². The first kappa shape index (κ1) is 24.1. The Morgan fingerprint density at radius 3 is 2.39 bits per heavy atom. The smallest absolute Gasteiger partial charge is 0.260 e. The summed E-state index contributed by atoms with van der Waals surface area (Å²) in [4.78, 5) is 26.0. The lowest BCUT2D eigenvalue weighted by Crippen LogP contribution is -2.34. The molecule has 2 aromatic rings. The first-order valence-corrected chi connectivity index (χ1v) is 10.2. The number of carbonyl (C=O) groups excluding carboxylic acids is 2. The van der Waals surface area contributed by atoms with Gasteiger partial charge in [-0.05, 0) is 50.3 Å². The van der Waals surface area contributed by atoms with Crippen molar-refractivity contribution in [2.45, 2.75) is 13.8 Å². The Morgan fingerprint density at radius 1 is 1.03 bits per heavy atom. The average Bonchev–Trinajstić information content (AvgIpc) is 2.77. The van der Waals surface area contributed by atoms with Gasteiger partial charge in [-0.2, -0.15) is 0 Å². The summed E-state index contributed by atoms with van der Waals surface area (Å²) in [6.45, 7) is 4.95. The van der Waals surface area contributed by atoms with E-state index in [9.17, 15) is 9.59 Å². The summed E-state index contributed by atoms with van der Waals surface area (Å²) in [5, 5.41) is 3.03. The number of benzene rings is 2. The molecule has 0 atom stereocenters. The third-order valence-corrected chi connectivity index (χ3v) is 4.82. The van der Waals surface area contributed by atoms with E-state index in [1.54, 1.807) is 61.6 Å². The minimum atomic E-state index is -0.334.